The van der Waals surface area contributed by atoms with Gasteiger partial charge in [0.15, 0.2) is 0 Å². The lowest BCUT2D eigenvalue weighted by molar-refractivity contribution is -0.00786. The van der Waals surface area contributed by atoms with E-state index in [4.69, 9.17) is 4.74 Å². The van der Waals surface area contributed by atoms with Crippen LogP contribution < -0.4 is 4.74 Å². The maximum Gasteiger partial charge on any atom is 0.126 e. The summed E-state index contributed by atoms with van der Waals surface area (Å²) in [6, 6.07) is 5.17. The minimum atomic E-state index is -0.612. The molecule has 19 heavy (non-hydrogen) atoms. The maximum absolute atomic E-state index is 13.2. The van der Waals surface area contributed by atoms with Crippen LogP contribution in [0.25, 0.3) is 0 Å². The van der Waals surface area contributed by atoms with Gasteiger partial charge in [0.2, 0.25) is 0 Å². The van der Waals surface area contributed by atoms with Crippen LogP contribution in [0.4, 0.5) is 4.39 Å². The molecule has 2 atom stereocenters. The molecule has 0 radical (unpaired) electrons. The second kappa shape index (κ2) is 3.93. The van der Waals surface area contributed by atoms with E-state index in [1.165, 1.54) is 25.0 Å². The zero-order chi connectivity index (χ0) is 13.0. The summed E-state index contributed by atoms with van der Waals surface area (Å²) >= 11 is 0. The summed E-state index contributed by atoms with van der Waals surface area (Å²) in [5.41, 5.74) is 0.322. The fourth-order valence-electron chi connectivity index (χ4n) is 3.49. The first-order valence-corrected chi connectivity index (χ1v) is 7.06. The van der Waals surface area contributed by atoms with Crippen molar-refractivity contribution in [1.82, 2.24) is 4.90 Å². The smallest absolute Gasteiger partial charge is 0.126 e. The number of fused-ring (bicyclic) bond motifs is 1. The lowest BCUT2D eigenvalue weighted by atomic mass is 9.88. The highest BCUT2D eigenvalue weighted by molar-refractivity contribution is 5.39. The second-order valence-corrected chi connectivity index (χ2v) is 6.14. The second-order valence-electron chi connectivity index (χ2n) is 6.14. The fraction of sp³-hybridized carbons (Fsp3) is 0.600. The van der Waals surface area contributed by atoms with Crippen molar-refractivity contribution in [3.63, 3.8) is 0 Å². The molecule has 0 amide bonds. The molecule has 4 heteroatoms. The SMILES string of the molecule is OC1CC2(CCN(C3CC3)C2)Oc2ccc(F)cc21. The topological polar surface area (TPSA) is 32.7 Å². The van der Waals surface area contributed by atoms with Crippen molar-refractivity contribution in [3.8, 4) is 5.75 Å². The average molecular weight is 263 g/mol. The molecule has 1 saturated heterocycles. The Morgan fingerprint density at radius 3 is 3.00 bits per heavy atom. The largest absolute Gasteiger partial charge is 0.485 e. The summed E-state index contributed by atoms with van der Waals surface area (Å²) in [4.78, 5) is 2.47. The van der Waals surface area contributed by atoms with Gasteiger partial charge in [0.1, 0.15) is 17.2 Å². The molecular weight excluding hydrogens is 245 g/mol. The molecule has 1 aromatic carbocycles. The first-order chi connectivity index (χ1) is 9.15. The molecule has 1 spiro atoms. The van der Waals surface area contributed by atoms with Gasteiger partial charge >= 0.3 is 0 Å². The number of aliphatic hydroxyl groups is 1. The van der Waals surface area contributed by atoms with Gasteiger partial charge in [-0.25, -0.2) is 4.39 Å². The van der Waals surface area contributed by atoms with Crippen molar-refractivity contribution < 1.29 is 14.2 Å². The van der Waals surface area contributed by atoms with Crippen LogP contribution >= 0.6 is 0 Å². The van der Waals surface area contributed by atoms with Crippen LogP contribution in [0.5, 0.6) is 5.75 Å². The molecule has 102 valence electrons. The molecule has 1 aliphatic carbocycles. The van der Waals surface area contributed by atoms with Crippen LogP contribution in [-0.4, -0.2) is 34.7 Å². The molecule has 2 heterocycles. The third kappa shape index (κ3) is 1.94. The minimum absolute atomic E-state index is 0.271. The van der Waals surface area contributed by atoms with Crippen molar-refractivity contribution >= 4 is 0 Å². The monoisotopic (exact) mass is 263 g/mol. The zero-order valence-electron chi connectivity index (χ0n) is 10.8. The Morgan fingerprint density at radius 2 is 2.21 bits per heavy atom. The molecule has 1 saturated carbocycles. The third-order valence-corrected chi connectivity index (χ3v) is 4.63. The van der Waals surface area contributed by atoms with Gasteiger partial charge in [0.25, 0.3) is 0 Å². The molecule has 2 aliphatic heterocycles. The number of likely N-dealkylation sites (tertiary alicyclic amines) is 1. The van der Waals surface area contributed by atoms with Gasteiger partial charge in [-0.3, -0.25) is 4.90 Å². The summed E-state index contributed by atoms with van der Waals surface area (Å²) in [6.07, 6.45) is 3.50. The number of hydrogen-bond donors (Lipinski definition) is 1. The van der Waals surface area contributed by atoms with Gasteiger partial charge in [-0.2, -0.15) is 0 Å². The Balaban J connectivity index is 1.62. The van der Waals surface area contributed by atoms with E-state index in [9.17, 15) is 9.50 Å². The van der Waals surface area contributed by atoms with E-state index in [0.29, 0.717) is 17.7 Å². The normalized spacial score (nSPS) is 34.3. The number of rotatable bonds is 1. The van der Waals surface area contributed by atoms with Crippen LogP contribution in [0, 0.1) is 5.82 Å². The molecule has 0 aromatic heterocycles. The predicted octanol–water partition coefficient (Wildman–Crippen LogP) is 2.25. The predicted molar refractivity (Wildman–Crippen MR) is 68.5 cm³/mol. The number of aliphatic hydroxyl groups excluding tert-OH is 1. The molecule has 2 unspecified atom stereocenters. The number of hydrogen-bond acceptors (Lipinski definition) is 3. The molecule has 4 rings (SSSR count). The summed E-state index contributed by atoms with van der Waals surface area (Å²) in [5.74, 6) is 0.334. The highest BCUT2D eigenvalue weighted by Crippen LogP contribution is 2.45. The Morgan fingerprint density at radius 1 is 1.37 bits per heavy atom. The van der Waals surface area contributed by atoms with Crippen molar-refractivity contribution in [1.29, 1.82) is 0 Å². The Hall–Kier alpha value is -1.13. The average Bonchev–Trinajstić information content (AvgIpc) is 3.15. The molecular formula is C15H18FNO2. The lowest BCUT2D eigenvalue weighted by Gasteiger charge is -2.38. The number of benzene rings is 1. The van der Waals surface area contributed by atoms with E-state index in [-0.39, 0.29) is 11.4 Å². The van der Waals surface area contributed by atoms with Crippen molar-refractivity contribution in [2.45, 2.75) is 43.4 Å². The summed E-state index contributed by atoms with van der Waals surface area (Å²) in [6.45, 7) is 1.94. The molecule has 3 aliphatic rings. The van der Waals surface area contributed by atoms with Crippen molar-refractivity contribution in [3.05, 3.63) is 29.6 Å². The Kier molecular flexibility index (Phi) is 2.42. The van der Waals surface area contributed by atoms with E-state index in [1.807, 2.05) is 0 Å². The van der Waals surface area contributed by atoms with E-state index < -0.39 is 6.10 Å². The molecule has 1 N–H and O–H groups in total. The quantitative estimate of drug-likeness (QED) is 0.843. The maximum atomic E-state index is 13.2. The van der Waals surface area contributed by atoms with Crippen LogP contribution in [-0.2, 0) is 0 Å². The van der Waals surface area contributed by atoms with Gasteiger partial charge in [-0.15, -0.1) is 0 Å². The van der Waals surface area contributed by atoms with Crippen molar-refractivity contribution in [2.75, 3.05) is 13.1 Å². The number of ether oxygens (including phenoxy) is 1. The van der Waals surface area contributed by atoms with Gasteiger partial charge in [0, 0.05) is 37.5 Å². The lowest BCUT2D eigenvalue weighted by Crippen LogP contribution is -2.44. The summed E-state index contributed by atoms with van der Waals surface area (Å²) < 4.78 is 19.4. The van der Waals surface area contributed by atoms with Crippen LogP contribution in [0.1, 0.15) is 37.4 Å². The first-order valence-electron chi connectivity index (χ1n) is 7.06. The molecule has 1 aromatic rings. The van der Waals surface area contributed by atoms with Crippen molar-refractivity contribution in [2.24, 2.45) is 0 Å². The highest BCUT2D eigenvalue weighted by Gasteiger charge is 2.48. The standard InChI is InChI=1S/C15H18FNO2/c16-10-1-4-14-12(7-10)13(18)8-15(19-14)5-6-17(9-15)11-2-3-11/h1,4,7,11,13,18H,2-3,5-6,8-9H2. The van der Waals surface area contributed by atoms with E-state index >= 15 is 0 Å². The van der Waals surface area contributed by atoms with E-state index in [2.05, 4.69) is 4.90 Å². The minimum Gasteiger partial charge on any atom is -0.485 e. The van der Waals surface area contributed by atoms with Crippen LogP contribution in [0.3, 0.4) is 0 Å². The number of nitrogens with zero attached hydrogens (tertiary/aromatic N) is 1. The van der Waals surface area contributed by atoms with Crippen LogP contribution in [0.15, 0.2) is 18.2 Å². The Labute approximate surface area is 112 Å². The summed E-state index contributed by atoms with van der Waals surface area (Å²) in [5, 5.41) is 10.3. The van der Waals surface area contributed by atoms with E-state index in [1.54, 1.807) is 6.07 Å². The fourth-order valence-corrected chi connectivity index (χ4v) is 3.49. The highest BCUT2D eigenvalue weighted by atomic mass is 19.1. The summed E-state index contributed by atoms with van der Waals surface area (Å²) in [7, 11) is 0. The van der Waals surface area contributed by atoms with Gasteiger partial charge in [-0.1, -0.05) is 0 Å². The van der Waals surface area contributed by atoms with Gasteiger partial charge in [0.05, 0.1) is 6.10 Å². The number of halogens is 1. The first kappa shape index (κ1) is 11.7. The Bertz CT molecular complexity index is 517. The zero-order valence-corrected chi connectivity index (χ0v) is 10.8. The third-order valence-electron chi connectivity index (χ3n) is 4.63. The van der Waals surface area contributed by atoms with Gasteiger partial charge < -0.3 is 9.84 Å². The van der Waals surface area contributed by atoms with Gasteiger partial charge in [-0.05, 0) is 31.0 Å². The molecule has 0 bridgehead atoms. The molecule has 3 nitrogen and oxygen atoms in total. The van der Waals surface area contributed by atoms with E-state index in [0.717, 1.165) is 25.6 Å². The van der Waals surface area contributed by atoms with Crippen LogP contribution in [0.2, 0.25) is 0 Å². The molecule has 2 fully saturated rings.